The Bertz CT molecular complexity index is 1140. The third-order valence-electron chi connectivity index (χ3n) is 6.04. The molecule has 0 bridgehead atoms. The van der Waals surface area contributed by atoms with E-state index < -0.39 is 0 Å². The Morgan fingerprint density at radius 3 is 2.39 bits per heavy atom. The second kappa shape index (κ2) is 9.36. The Labute approximate surface area is 192 Å². The van der Waals surface area contributed by atoms with Crippen molar-refractivity contribution in [2.45, 2.75) is 18.9 Å². The molecule has 1 amide bonds. The minimum absolute atomic E-state index is 0.00259. The van der Waals surface area contributed by atoms with Gasteiger partial charge in [-0.05, 0) is 54.8 Å². The van der Waals surface area contributed by atoms with Crippen LogP contribution in [0.2, 0.25) is 0 Å². The third kappa shape index (κ3) is 4.55. The van der Waals surface area contributed by atoms with Crippen LogP contribution in [0.25, 0.3) is 0 Å². The maximum atomic E-state index is 12.9. The summed E-state index contributed by atoms with van der Waals surface area (Å²) in [5.41, 5.74) is 2.27. The molecule has 0 N–H and O–H groups in total. The maximum Gasteiger partial charge on any atom is 0.261 e. The fraction of sp³-hybridized carbons (Fsp3) is 0.259. The van der Waals surface area contributed by atoms with E-state index in [1.807, 2.05) is 41.3 Å². The van der Waals surface area contributed by atoms with Crippen LogP contribution >= 0.6 is 0 Å². The number of hydrogen-bond donors (Lipinski definition) is 0. The molecule has 0 saturated carbocycles. The van der Waals surface area contributed by atoms with Crippen molar-refractivity contribution in [3.8, 4) is 17.2 Å². The van der Waals surface area contributed by atoms with Crippen molar-refractivity contribution >= 4 is 11.7 Å². The van der Waals surface area contributed by atoms with Crippen LogP contribution in [0.1, 0.15) is 40.4 Å². The van der Waals surface area contributed by atoms with Crippen molar-refractivity contribution in [2.75, 3.05) is 26.4 Å². The fourth-order valence-electron chi connectivity index (χ4n) is 4.37. The molecular formula is C27H25NO5. The van der Waals surface area contributed by atoms with E-state index in [1.165, 1.54) is 0 Å². The average Bonchev–Trinajstić information content (AvgIpc) is 3.38. The summed E-state index contributed by atoms with van der Waals surface area (Å²) < 4.78 is 17.1. The van der Waals surface area contributed by atoms with Crippen molar-refractivity contribution in [1.29, 1.82) is 0 Å². The van der Waals surface area contributed by atoms with Gasteiger partial charge in [0.15, 0.2) is 23.9 Å². The van der Waals surface area contributed by atoms with Gasteiger partial charge in [-0.15, -0.1) is 0 Å². The molecule has 1 unspecified atom stereocenters. The lowest BCUT2D eigenvalue weighted by Gasteiger charge is -2.26. The standard InChI is InChI=1S/C27H25NO5/c29-26(18-33-22-11-8-20(9-12-22)27(30)19-5-2-1-3-6-19)28-14-4-7-23(28)21-10-13-24-25(17-21)32-16-15-31-24/h1-3,5-6,8-13,17,23H,4,7,14-16,18H2. The lowest BCUT2D eigenvalue weighted by Crippen LogP contribution is -2.34. The summed E-state index contributed by atoms with van der Waals surface area (Å²) in [4.78, 5) is 27.4. The summed E-state index contributed by atoms with van der Waals surface area (Å²) in [5, 5.41) is 0. The summed E-state index contributed by atoms with van der Waals surface area (Å²) in [6.07, 6.45) is 1.85. The molecule has 2 aliphatic heterocycles. The molecule has 6 heteroatoms. The maximum absolute atomic E-state index is 12.9. The van der Waals surface area contributed by atoms with E-state index in [2.05, 4.69) is 0 Å². The Balaban J connectivity index is 1.21. The number of carbonyl (C=O) groups excluding carboxylic acids is 2. The van der Waals surface area contributed by atoms with E-state index in [9.17, 15) is 9.59 Å². The van der Waals surface area contributed by atoms with Gasteiger partial charge in [-0.3, -0.25) is 9.59 Å². The number of ketones is 1. The number of fused-ring (bicyclic) bond motifs is 1. The second-order valence-corrected chi connectivity index (χ2v) is 8.16. The highest BCUT2D eigenvalue weighted by Crippen LogP contribution is 2.38. The van der Waals surface area contributed by atoms with Crippen molar-refractivity contribution in [1.82, 2.24) is 4.90 Å². The molecule has 1 atom stereocenters. The highest BCUT2D eigenvalue weighted by atomic mass is 16.6. The molecule has 168 valence electrons. The largest absolute Gasteiger partial charge is 0.486 e. The van der Waals surface area contributed by atoms with Crippen LogP contribution in [0, 0.1) is 0 Å². The van der Waals surface area contributed by atoms with E-state index in [-0.39, 0.29) is 24.3 Å². The molecule has 3 aromatic rings. The van der Waals surface area contributed by atoms with Gasteiger partial charge in [0.25, 0.3) is 5.91 Å². The van der Waals surface area contributed by atoms with Crippen molar-refractivity contribution in [3.63, 3.8) is 0 Å². The van der Waals surface area contributed by atoms with E-state index in [1.54, 1.807) is 36.4 Å². The molecule has 0 radical (unpaired) electrons. The summed E-state index contributed by atoms with van der Waals surface area (Å²) >= 11 is 0. The third-order valence-corrected chi connectivity index (χ3v) is 6.04. The van der Waals surface area contributed by atoms with Crippen molar-refractivity contribution in [2.24, 2.45) is 0 Å². The van der Waals surface area contributed by atoms with Crippen LogP contribution < -0.4 is 14.2 Å². The first-order valence-electron chi connectivity index (χ1n) is 11.2. The number of carbonyl (C=O) groups is 2. The average molecular weight is 443 g/mol. The van der Waals surface area contributed by atoms with Crippen LogP contribution in [0.15, 0.2) is 72.8 Å². The molecule has 33 heavy (non-hydrogen) atoms. The van der Waals surface area contributed by atoms with Gasteiger partial charge >= 0.3 is 0 Å². The number of ether oxygens (including phenoxy) is 3. The van der Waals surface area contributed by atoms with Gasteiger partial charge in [0.2, 0.25) is 0 Å². The van der Waals surface area contributed by atoms with Crippen LogP contribution in [0.5, 0.6) is 17.2 Å². The summed E-state index contributed by atoms with van der Waals surface area (Å²) in [7, 11) is 0. The monoisotopic (exact) mass is 443 g/mol. The zero-order chi connectivity index (χ0) is 22.6. The highest BCUT2D eigenvalue weighted by Gasteiger charge is 2.31. The molecule has 1 saturated heterocycles. The van der Waals surface area contributed by atoms with Crippen LogP contribution in [0.3, 0.4) is 0 Å². The predicted molar refractivity (Wildman–Crippen MR) is 123 cm³/mol. The normalized spacial score (nSPS) is 17.0. The van der Waals surface area contributed by atoms with Crippen LogP contribution in [0.4, 0.5) is 0 Å². The predicted octanol–water partition coefficient (Wildman–Crippen LogP) is 4.43. The quantitative estimate of drug-likeness (QED) is 0.528. The molecule has 0 aromatic heterocycles. The smallest absolute Gasteiger partial charge is 0.261 e. The number of benzene rings is 3. The number of amides is 1. The van der Waals surface area contributed by atoms with E-state index in [0.717, 1.165) is 29.9 Å². The Hall–Kier alpha value is -3.80. The van der Waals surface area contributed by atoms with Gasteiger partial charge < -0.3 is 19.1 Å². The van der Waals surface area contributed by atoms with Crippen molar-refractivity contribution < 1.29 is 23.8 Å². The topological polar surface area (TPSA) is 65.1 Å². The lowest BCUT2D eigenvalue weighted by atomic mass is 10.0. The number of nitrogens with zero attached hydrogens (tertiary/aromatic N) is 1. The zero-order valence-electron chi connectivity index (χ0n) is 18.2. The van der Waals surface area contributed by atoms with E-state index in [4.69, 9.17) is 14.2 Å². The molecule has 0 aliphatic carbocycles. The molecule has 0 spiro atoms. The minimum atomic E-state index is -0.0585. The zero-order valence-corrected chi connectivity index (χ0v) is 18.2. The first kappa shape index (κ1) is 21.1. The molecule has 5 rings (SSSR count). The van der Waals surface area contributed by atoms with Gasteiger partial charge in [0, 0.05) is 17.7 Å². The Morgan fingerprint density at radius 2 is 1.61 bits per heavy atom. The Morgan fingerprint density at radius 1 is 0.879 bits per heavy atom. The SMILES string of the molecule is O=C(c1ccccc1)c1ccc(OCC(=O)N2CCCC2c2ccc3c(c2)OCCO3)cc1. The van der Waals surface area contributed by atoms with Crippen LogP contribution in [-0.4, -0.2) is 43.0 Å². The summed E-state index contributed by atoms with van der Waals surface area (Å²) in [5.74, 6) is 1.94. The molecule has 6 nitrogen and oxygen atoms in total. The van der Waals surface area contributed by atoms with Crippen molar-refractivity contribution in [3.05, 3.63) is 89.5 Å². The lowest BCUT2D eigenvalue weighted by molar-refractivity contribution is -0.134. The fourth-order valence-corrected chi connectivity index (χ4v) is 4.37. The molecular weight excluding hydrogens is 418 g/mol. The number of rotatable bonds is 6. The van der Waals surface area contributed by atoms with E-state index in [0.29, 0.717) is 36.6 Å². The molecule has 1 fully saturated rings. The summed E-state index contributed by atoms with van der Waals surface area (Å²) in [6, 6.07) is 22.0. The van der Waals surface area contributed by atoms with E-state index >= 15 is 0 Å². The Kier molecular flexibility index (Phi) is 5.98. The van der Waals surface area contributed by atoms with Gasteiger partial charge in [-0.1, -0.05) is 36.4 Å². The van der Waals surface area contributed by atoms with Gasteiger partial charge in [-0.25, -0.2) is 0 Å². The molecule has 2 heterocycles. The highest BCUT2D eigenvalue weighted by molar-refractivity contribution is 6.09. The summed E-state index contributed by atoms with van der Waals surface area (Å²) in [6.45, 7) is 1.74. The van der Waals surface area contributed by atoms with Gasteiger partial charge in [0.1, 0.15) is 19.0 Å². The van der Waals surface area contributed by atoms with Gasteiger partial charge in [-0.2, -0.15) is 0 Å². The minimum Gasteiger partial charge on any atom is -0.486 e. The number of likely N-dealkylation sites (tertiary alicyclic amines) is 1. The number of hydrogen-bond acceptors (Lipinski definition) is 5. The molecule has 2 aliphatic rings. The first-order chi connectivity index (χ1) is 16.2. The van der Waals surface area contributed by atoms with Gasteiger partial charge in [0.05, 0.1) is 6.04 Å². The first-order valence-corrected chi connectivity index (χ1v) is 11.2. The second-order valence-electron chi connectivity index (χ2n) is 8.16. The van der Waals surface area contributed by atoms with Crippen LogP contribution in [-0.2, 0) is 4.79 Å². The molecule has 3 aromatic carbocycles.